The number of carbonyl (C=O) groups excluding carboxylic acids is 1. The summed E-state index contributed by atoms with van der Waals surface area (Å²) in [5.41, 5.74) is 4.74. The van der Waals surface area contributed by atoms with Crippen LogP contribution < -0.4 is 46.0 Å². The summed E-state index contributed by atoms with van der Waals surface area (Å²) >= 11 is 0. The predicted molar refractivity (Wildman–Crippen MR) is 77.1 cm³/mol. The molecule has 2 rings (SSSR count). The summed E-state index contributed by atoms with van der Waals surface area (Å²) in [5, 5.41) is 19.4. The van der Waals surface area contributed by atoms with E-state index in [0.29, 0.717) is 0 Å². The van der Waals surface area contributed by atoms with E-state index in [0.717, 1.165) is 18.7 Å². The van der Waals surface area contributed by atoms with Crippen LogP contribution >= 0.6 is 0 Å². The largest absolute Gasteiger partial charge is 1.00 e. The van der Waals surface area contributed by atoms with Crippen molar-refractivity contribution in [1.82, 2.24) is 9.97 Å². The molecule has 0 aliphatic carbocycles. The van der Waals surface area contributed by atoms with Crippen LogP contribution in [0.1, 0.15) is 28.7 Å². The minimum atomic E-state index is -1.00. The molecule has 2 aromatic heterocycles. The Morgan fingerprint density at radius 2 is 2.12 bits per heavy atom. The minimum absolute atomic E-state index is 0. The van der Waals surface area contributed by atoms with Gasteiger partial charge in [0.2, 0.25) is 0 Å². The number of aromatic nitrogens is 2. The SMILES string of the molecule is CC(=O)c1c([O-])cc(C)oc1=O.N[C@@H](Cc1cnc[nH]1)C(=O)O.[Na+]. The Bertz CT molecular complexity index is 741. The first-order valence-electron chi connectivity index (χ1n) is 6.50. The Kier molecular flexibility index (Phi) is 9.22. The number of nitrogens with two attached hydrogens (primary N) is 1. The minimum Gasteiger partial charge on any atom is -0.872 e. The molecule has 0 aliphatic rings. The van der Waals surface area contributed by atoms with Gasteiger partial charge in [-0.1, -0.05) is 5.75 Å². The number of aromatic amines is 1. The van der Waals surface area contributed by atoms with Gasteiger partial charge in [-0.25, -0.2) is 9.78 Å². The molecule has 0 fully saturated rings. The number of aryl methyl sites for hydroxylation is 1. The molecule has 1 atom stereocenters. The summed E-state index contributed by atoms with van der Waals surface area (Å²) in [6, 6.07) is 0.272. The number of carbonyl (C=O) groups is 2. The number of nitrogens with one attached hydrogen (secondary N) is 1. The summed E-state index contributed by atoms with van der Waals surface area (Å²) in [6.07, 6.45) is 3.34. The van der Waals surface area contributed by atoms with Crippen molar-refractivity contribution in [2.75, 3.05) is 0 Å². The molecule has 9 nitrogen and oxygen atoms in total. The molecule has 0 aromatic carbocycles. The number of ketones is 1. The van der Waals surface area contributed by atoms with Crippen LogP contribution in [0.3, 0.4) is 0 Å². The van der Waals surface area contributed by atoms with Gasteiger partial charge in [0.15, 0.2) is 5.78 Å². The number of H-pyrrole nitrogens is 1. The molecular weight excluding hydrogens is 329 g/mol. The molecule has 0 bridgehead atoms. The molecule has 2 aromatic rings. The fourth-order valence-corrected chi connectivity index (χ4v) is 1.62. The van der Waals surface area contributed by atoms with Crippen molar-refractivity contribution in [1.29, 1.82) is 0 Å². The first-order chi connectivity index (χ1) is 10.7. The molecule has 24 heavy (non-hydrogen) atoms. The van der Waals surface area contributed by atoms with E-state index in [-0.39, 0.29) is 41.7 Å². The fourth-order valence-electron chi connectivity index (χ4n) is 1.62. The van der Waals surface area contributed by atoms with Crippen molar-refractivity contribution >= 4 is 11.8 Å². The third kappa shape index (κ3) is 6.67. The Hall–Kier alpha value is -1.94. The Morgan fingerprint density at radius 1 is 1.50 bits per heavy atom. The summed E-state index contributed by atoms with van der Waals surface area (Å²) < 4.78 is 4.57. The number of carboxylic acid groups (broad SMARTS) is 1. The first-order valence-corrected chi connectivity index (χ1v) is 6.50. The van der Waals surface area contributed by atoms with Crippen LogP contribution in [-0.4, -0.2) is 32.9 Å². The van der Waals surface area contributed by atoms with Gasteiger partial charge in [-0.2, -0.15) is 0 Å². The van der Waals surface area contributed by atoms with Gasteiger partial charge in [-0.3, -0.25) is 9.59 Å². The molecule has 10 heteroatoms. The van der Waals surface area contributed by atoms with Crippen LogP contribution in [0.4, 0.5) is 0 Å². The molecular formula is C14H16N3NaO6. The first kappa shape index (κ1) is 22.1. The summed E-state index contributed by atoms with van der Waals surface area (Å²) in [7, 11) is 0. The monoisotopic (exact) mass is 345 g/mol. The molecule has 4 N–H and O–H groups in total. The normalized spacial score (nSPS) is 10.8. The second-order valence-electron chi connectivity index (χ2n) is 4.67. The zero-order valence-electron chi connectivity index (χ0n) is 13.5. The summed E-state index contributed by atoms with van der Waals surface area (Å²) in [4.78, 5) is 38.4. The Labute approximate surface area is 159 Å². The van der Waals surface area contributed by atoms with Gasteiger partial charge >= 0.3 is 41.2 Å². The van der Waals surface area contributed by atoms with Gasteiger partial charge in [0, 0.05) is 18.3 Å². The predicted octanol–water partition coefficient (Wildman–Crippen LogP) is -3.41. The van der Waals surface area contributed by atoms with Crippen molar-refractivity contribution in [3.05, 3.63) is 46.0 Å². The average molecular weight is 345 g/mol. The smallest absolute Gasteiger partial charge is 0.872 e. The van der Waals surface area contributed by atoms with E-state index in [2.05, 4.69) is 14.4 Å². The number of Topliss-reactive ketones (excluding diaryl/α,β-unsaturated/α-hetero) is 1. The third-order valence-electron chi connectivity index (χ3n) is 2.70. The number of aliphatic carboxylic acids is 1. The Balaban J connectivity index is 0.000000425. The molecule has 0 amide bonds. The zero-order valence-corrected chi connectivity index (χ0v) is 15.5. The molecule has 0 spiro atoms. The van der Waals surface area contributed by atoms with E-state index in [1.807, 2.05) is 0 Å². The molecule has 0 saturated heterocycles. The van der Waals surface area contributed by atoms with Crippen molar-refractivity contribution in [3.63, 3.8) is 0 Å². The van der Waals surface area contributed by atoms with Crippen molar-refractivity contribution in [2.24, 2.45) is 5.73 Å². The third-order valence-corrected chi connectivity index (χ3v) is 2.70. The maximum absolute atomic E-state index is 11.0. The molecule has 0 radical (unpaired) electrons. The van der Waals surface area contributed by atoms with Crippen LogP contribution in [0, 0.1) is 6.92 Å². The van der Waals surface area contributed by atoms with E-state index in [9.17, 15) is 19.5 Å². The van der Waals surface area contributed by atoms with Gasteiger partial charge < -0.3 is 25.3 Å². The van der Waals surface area contributed by atoms with Gasteiger partial charge in [0.1, 0.15) is 11.8 Å². The maximum atomic E-state index is 11.0. The number of nitrogens with zero attached hydrogens (tertiary/aromatic N) is 1. The van der Waals surface area contributed by atoms with E-state index in [1.54, 1.807) is 6.20 Å². The average Bonchev–Trinajstić information content (AvgIpc) is 2.90. The molecule has 0 saturated carbocycles. The fraction of sp³-hybridized carbons (Fsp3) is 0.286. The van der Waals surface area contributed by atoms with Crippen molar-refractivity contribution in [3.8, 4) is 5.75 Å². The van der Waals surface area contributed by atoms with E-state index in [4.69, 9.17) is 10.8 Å². The van der Waals surface area contributed by atoms with E-state index >= 15 is 0 Å². The number of hydrogen-bond donors (Lipinski definition) is 3. The Morgan fingerprint density at radius 3 is 2.54 bits per heavy atom. The second kappa shape index (κ2) is 10.0. The van der Waals surface area contributed by atoms with Crippen LogP contribution in [0.5, 0.6) is 5.75 Å². The number of rotatable bonds is 4. The quantitative estimate of drug-likeness (QED) is 0.381. The number of carboxylic acids is 1. The van der Waals surface area contributed by atoms with Crippen LogP contribution in [0.2, 0.25) is 0 Å². The molecule has 124 valence electrons. The molecule has 2 heterocycles. The van der Waals surface area contributed by atoms with Gasteiger partial charge in [0.25, 0.3) is 0 Å². The number of hydrogen-bond acceptors (Lipinski definition) is 7. The molecule has 0 unspecified atom stereocenters. The van der Waals surface area contributed by atoms with Crippen LogP contribution in [-0.2, 0) is 11.2 Å². The van der Waals surface area contributed by atoms with Crippen LogP contribution in [0.25, 0.3) is 0 Å². The zero-order chi connectivity index (χ0) is 17.6. The summed E-state index contributed by atoms with van der Waals surface area (Å²) in [5.74, 6) is -1.92. The van der Waals surface area contributed by atoms with Gasteiger partial charge in [-0.15, -0.1) is 0 Å². The standard InChI is InChI=1S/C8H8O4.C6H9N3O2.Na/c1-4-3-6(10)7(5(2)9)8(11)12-4;7-5(6(10)11)1-4-2-8-3-9-4;/h3,10H,1-2H3;2-3,5H,1,7H2,(H,8,9)(H,10,11);/q;;+1/p-1/t;5-;/m.0./s1. The maximum Gasteiger partial charge on any atom is 1.00 e. The van der Waals surface area contributed by atoms with Gasteiger partial charge in [-0.05, 0) is 19.9 Å². The van der Waals surface area contributed by atoms with Crippen LogP contribution in [0.15, 0.2) is 27.8 Å². The molecule has 0 aliphatic heterocycles. The summed E-state index contributed by atoms with van der Waals surface area (Å²) in [6.45, 7) is 2.63. The van der Waals surface area contributed by atoms with Gasteiger partial charge in [0.05, 0.1) is 11.9 Å². The second-order valence-corrected chi connectivity index (χ2v) is 4.67. The van der Waals surface area contributed by atoms with Crippen molar-refractivity contribution in [2.45, 2.75) is 26.3 Å². The van der Waals surface area contributed by atoms with Crippen molar-refractivity contribution < 1.29 is 53.8 Å². The topological polar surface area (TPSA) is 162 Å². The number of imidazole rings is 1. The van der Waals surface area contributed by atoms with E-state index in [1.165, 1.54) is 13.3 Å². The van der Waals surface area contributed by atoms with E-state index < -0.39 is 34.7 Å².